The summed E-state index contributed by atoms with van der Waals surface area (Å²) in [5.74, 6) is -1.70. The highest BCUT2D eigenvalue weighted by Crippen LogP contribution is 1.87. The van der Waals surface area contributed by atoms with E-state index < -0.39 is 24.5 Å². The number of piperazine rings is 1. The Morgan fingerprint density at radius 2 is 2.29 bits per heavy atom. The van der Waals surface area contributed by atoms with Crippen LogP contribution in [0.3, 0.4) is 0 Å². The van der Waals surface area contributed by atoms with Gasteiger partial charge in [0.05, 0.1) is 6.54 Å². The minimum Gasteiger partial charge on any atom is -0.480 e. The van der Waals surface area contributed by atoms with Crippen molar-refractivity contribution in [2.24, 2.45) is 0 Å². The number of carboxylic acids is 1. The Bertz CT molecular complexity index is 256. The number of amides is 2. The highest BCUT2D eigenvalue weighted by atomic mass is 16.4. The van der Waals surface area contributed by atoms with Gasteiger partial charge < -0.3 is 15.7 Å². The summed E-state index contributed by atoms with van der Waals surface area (Å²) in [6.45, 7) is -0.152. The first kappa shape index (κ1) is 10.5. The van der Waals surface area contributed by atoms with Crippen LogP contribution in [-0.2, 0) is 14.4 Å². The maximum absolute atomic E-state index is 11.2. The first-order chi connectivity index (χ1) is 6.59. The van der Waals surface area contributed by atoms with E-state index in [4.69, 9.17) is 5.11 Å². The minimum absolute atomic E-state index is 0.0746. The highest BCUT2D eigenvalue weighted by molar-refractivity contribution is 5.88. The summed E-state index contributed by atoms with van der Waals surface area (Å²) in [6.07, 6.45) is 0. The van der Waals surface area contributed by atoms with E-state index in [2.05, 4.69) is 16.0 Å². The fourth-order valence-electron chi connectivity index (χ4n) is 1.04. The van der Waals surface area contributed by atoms with Gasteiger partial charge >= 0.3 is 5.97 Å². The van der Waals surface area contributed by atoms with Gasteiger partial charge in [-0.25, -0.2) is 0 Å². The Hall–Kier alpha value is -1.63. The standard InChI is InChI=1S/C7H11N3O4/c11-5-2-8-4(1-9-5)7(14)10-3-6(12)13/h4,8H,1-3H2,(H,9,11)(H,10,14)(H,12,13). The molecule has 1 aliphatic rings. The van der Waals surface area contributed by atoms with E-state index in [1.807, 2.05) is 0 Å². The lowest BCUT2D eigenvalue weighted by Crippen LogP contribution is -2.58. The summed E-state index contributed by atoms with van der Waals surface area (Å²) >= 11 is 0. The van der Waals surface area contributed by atoms with Crippen LogP contribution in [0.25, 0.3) is 0 Å². The van der Waals surface area contributed by atoms with E-state index >= 15 is 0 Å². The molecule has 7 heteroatoms. The third-order valence-corrected chi connectivity index (χ3v) is 1.74. The van der Waals surface area contributed by atoms with Crippen LogP contribution < -0.4 is 16.0 Å². The van der Waals surface area contributed by atoms with Crippen molar-refractivity contribution in [3.8, 4) is 0 Å². The lowest BCUT2D eigenvalue weighted by atomic mass is 10.2. The van der Waals surface area contributed by atoms with Crippen molar-refractivity contribution >= 4 is 17.8 Å². The molecule has 4 N–H and O–H groups in total. The largest absolute Gasteiger partial charge is 0.480 e. The molecule has 0 aromatic heterocycles. The Balaban J connectivity index is 2.30. The Morgan fingerprint density at radius 3 is 2.79 bits per heavy atom. The molecule has 0 aromatic carbocycles. The number of carboxylic acid groups (broad SMARTS) is 1. The molecule has 14 heavy (non-hydrogen) atoms. The summed E-state index contributed by atoms with van der Waals surface area (Å²) in [5.41, 5.74) is 0. The zero-order chi connectivity index (χ0) is 10.6. The van der Waals surface area contributed by atoms with E-state index in [-0.39, 0.29) is 19.0 Å². The summed E-state index contributed by atoms with van der Waals surface area (Å²) in [6, 6.07) is -0.549. The van der Waals surface area contributed by atoms with Crippen molar-refractivity contribution in [1.82, 2.24) is 16.0 Å². The molecule has 0 radical (unpaired) electrons. The second-order valence-electron chi connectivity index (χ2n) is 2.85. The molecule has 1 unspecified atom stereocenters. The molecule has 0 aliphatic carbocycles. The maximum Gasteiger partial charge on any atom is 0.322 e. The van der Waals surface area contributed by atoms with E-state index in [1.54, 1.807) is 0 Å². The smallest absolute Gasteiger partial charge is 0.322 e. The van der Waals surface area contributed by atoms with Gasteiger partial charge in [-0.2, -0.15) is 0 Å². The van der Waals surface area contributed by atoms with Crippen molar-refractivity contribution in [3.63, 3.8) is 0 Å². The van der Waals surface area contributed by atoms with Crippen molar-refractivity contribution in [3.05, 3.63) is 0 Å². The number of aliphatic carboxylic acids is 1. The summed E-state index contributed by atoms with van der Waals surface area (Å²) in [5, 5.41) is 15.7. The van der Waals surface area contributed by atoms with Crippen LogP contribution in [0.1, 0.15) is 0 Å². The summed E-state index contributed by atoms with van der Waals surface area (Å²) < 4.78 is 0. The fourth-order valence-corrected chi connectivity index (χ4v) is 1.04. The zero-order valence-electron chi connectivity index (χ0n) is 7.37. The van der Waals surface area contributed by atoms with E-state index in [0.717, 1.165) is 0 Å². The SMILES string of the molecule is O=C(O)CNC(=O)C1CNC(=O)CN1. The third-order valence-electron chi connectivity index (χ3n) is 1.74. The average molecular weight is 201 g/mol. The van der Waals surface area contributed by atoms with Gasteiger partial charge in [0.2, 0.25) is 11.8 Å². The topological polar surface area (TPSA) is 108 Å². The number of carbonyl (C=O) groups is 3. The monoisotopic (exact) mass is 201 g/mol. The molecule has 1 heterocycles. The van der Waals surface area contributed by atoms with Crippen LogP contribution in [0.4, 0.5) is 0 Å². The van der Waals surface area contributed by atoms with Crippen LogP contribution in [0.15, 0.2) is 0 Å². The molecule has 0 spiro atoms. The average Bonchev–Trinajstić information content (AvgIpc) is 2.15. The van der Waals surface area contributed by atoms with Crippen LogP contribution in [0.5, 0.6) is 0 Å². The number of hydrogen-bond donors (Lipinski definition) is 4. The Kier molecular flexibility index (Phi) is 3.41. The second-order valence-corrected chi connectivity index (χ2v) is 2.85. The zero-order valence-corrected chi connectivity index (χ0v) is 7.37. The molecule has 0 aromatic rings. The molecule has 1 rings (SSSR count). The van der Waals surface area contributed by atoms with Gasteiger partial charge in [-0.05, 0) is 0 Å². The van der Waals surface area contributed by atoms with E-state index in [1.165, 1.54) is 0 Å². The van der Waals surface area contributed by atoms with Crippen molar-refractivity contribution in [2.45, 2.75) is 6.04 Å². The quantitative estimate of drug-likeness (QED) is 0.396. The van der Waals surface area contributed by atoms with Gasteiger partial charge in [0.15, 0.2) is 0 Å². The number of hydrogen-bond acceptors (Lipinski definition) is 4. The van der Waals surface area contributed by atoms with Gasteiger partial charge in [0.25, 0.3) is 0 Å². The number of rotatable bonds is 3. The molecule has 0 bridgehead atoms. The molecule has 1 atom stereocenters. The molecule has 1 aliphatic heterocycles. The minimum atomic E-state index is -1.10. The summed E-state index contributed by atoms with van der Waals surface area (Å²) in [4.78, 5) is 32.1. The van der Waals surface area contributed by atoms with Gasteiger partial charge in [-0.1, -0.05) is 0 Å². The number of nitrogens with one attached hydrogen (secondary N) is 3. The van der Waals surface area contributed by atoms with Crippen LogP contribution in [0, 0.1) is 0 Å². The lowest BCUT2D eigenvalue weighted by Gasteiger charge is -2.22. The fraction of sp³-hybridized carbons (Fsp3) is 0.571. The predicted molar refractivity (Wildman–Crippen MR) is 45.4 cm³/mol. The van der Waals surface area contributed by atoms with E-state index in [0.29, 0.717) is 0 Å². The van der Waals surface area contributed by atoms with Crippen LogP contribution in [-0.4, -0.2) is 48.6 Å². The molecular weight excluding hydrogens is 190 g/mol. The summed E-state index contributed by atoms with van der Waals surface area (Å²) in [7, 11) is 0. The van der Waals surface area contributed by atoms with Gasteiger partial charge in [0.1, 0.15) is 12.6 Å². The van der Waals surface area contributed by atoms with Gasteiger partial charge in [0, 0.05) is 6.54 Å². The molecule has 1 fully saturated rings. The molecule has 78 valence electrons. The van der Waals surface area contributed by atoms with Crippen molar-refractivity contribution in [2.75, 3.05) is 19.6 Å². The highest BCUT2D eigenvalue weighted by Gasteiger charge is 2.23. The third kappa shape index (κ3) is 3.02. The van der Waals surface area contributed by atoms with E-state index in [9.17, 15) is 14.4 Å². The Morgan fingerprint density at radius 1 is 1.57 bits per heavy atom. The van der Waals surface area contributed by atoms with Crippen molar-refractivity contribution in [1.29, 1.82) is 0 Å². The first-order valence-corrected chi connectivity index (χ1v) is 4.09. The van der Waals surface area contributed by atoms with Crippen LogP contribution >= 0.6 is 0 Å². The van der Waals surface area contributed by atoms with Gasteiger partial charge in [-0.15, -0.1) is 0 Å². The van der Waals surface area contributed by atoms with Crippen LogP contribution in [0.2, 0.25) is 0 Å². The second kappa shape index (κ2) is 4.56. The number of carbonyl (C=O) groups excluding carboxylic acids is 2. The first-order valence-electron chi connectivity index (χ1n) is 4.09. The normalized spacial score (nSPS) is 21.1. The van der Waals surface area contributed by atoms with Crippen molar-refractivity contribution < 1.29 is 19.5 Å². The molecule has 0 saturated carbocycles. The lowest BCUT2D eigenvalue weighted by molar-refractivity contribution is -0.138. The Labute approximate surface area is 79.9 Å². The maximum atomic E-state index is 11.2. The predicted octanol–water partition coefficient (Wildman–Crippen LogP) is -2.72. The molecule has 7 nitrogen and oxygen atoms in total. The molecule has 2 amide bonds. The van der Waals surface area contributed by atoms with Gasteiger partial charge in [-0.3, -0.25) is 19.7 Å². The molecule has 1 saturated heterocycles. The molecular formula is C7H11N3O4.